The molecule has 0 spiro atoms. The fraction of sp³-hybridized carbons (Fsp3) is 0.889. The Morgan fingerprint density at radius 2 is 2.00 bits per heavy atom. The normalized spacial score (nSPS) is 20.9. The van der Waals surface area contributed by atoms with Gasteiger partial charge in [-0.15, -0.1) is 11.6 Å². The number of β-amino-alcohol motifs (C(OH)–C–C–N with tert-alkyl or cyclic N) is 1. The van der Waals surface area contributed by atoms with Crippen LogP contribution >= 0.6 is 11.6 Å². The van der Waals surface area contributed by atoms with Gasteiger partial charge >= 0.3 is 0 Å². The molecule has 0 aromatic heterocycles. The van der Waals surface area contributed by atoms with Crippen molar-refractivity contribution in [3.05, 3.63) is 0 Å². The van der Waals surface area contributed by atoms with Crippen LogP contribution in [0, 0.1) is 0 Å². The van der Waals surface area contributed by atoms with Gasteiger partial charge in [0, 0.05) is 45.5 Å². The maximum absolute atomic E-state index is 11.0. The summed E-state index contributed by atoms with van der Waals surface area (Å²) in [6, 6.07) is 0. The molecule has 1 atom stereocenters. The van der Waals surface area contributed by atoms with Crippen molar-refractivity contribution in [3.8, 4) is 0 Å². The van der Waals surface area contributed by atoms with Gasteiger partial charge in [0.15, 0.2) is 0 Å². The van der Waals surface area contributed by atoms with E-state index in [1.54, 1.807) is 6.92 Å². The molecule has 1 heterocycles. The van der Waals surface area contributed by atoms with Crippen molar-refractivity contribution in [2.24, 2.45) is 0 Å². The van der Waals surface area contributed by atoms with Crippen molar-refractivity contribution < 1.29 is 9.90 Å². The van der Waals surface area contributed by atoms with Gasteiger partial charge in [-0.1, -0.05) is 0 Å². The molecule has 14 heavy (non-hydrogen) atoms. The van der Waals surface area contributed by atoms with Gasteiger partial charge in [0.25, 0.3) is 0 Å². The van der Waals surface area contributed by atoms with Crippen LogP contribution in [0.5, 0.6) is 0 Å². The quantitative estimate of drug-likeness (QED) is 0.668. The highest BCUT2D eigenvalue weighted by Gasteiger charge is 2.19. The fourth-order valence-corrected chi connectivity index (χ4v) is 1.69. The molecule has 1 N–H and O–H groups in total. The lowest BCUT2D eigenvalue weighted by molar-refractivity contribution is -0.130. The zero-order valence-corrected chi connectivity index (χ0v) is 9.20. The van der Waals surface area contributed by atoms with Crippen LogP contribution in [0.2, 0.25) is 0 Å². The molecular weight excluding hydrogens is 204 g/mol. The minimum atomic E-state index is -0.458. The van der Waals surface area contributed by atoms with E-state index < -0.39 is 6.10 Å². The second-order valence-corrected chi connectivity index (χ2v) is 3.92. The number of hydrogen-bond donors (Lipinski definition) is 1. The number of hydrogen-bond acceptors (Lipinski definition) is 3. The fourth-order valence-electron chi connectivity index (χ4n) is 1.59. The Hall–Kier alpha value is -0.320. The van der Waals surface area contributed by atoms with Gasteiger partial charge < -0.3 is 10.0 Å². The van der Waals surface area contributed by atoms with Crippen LogP contribution < -0.4 is 0 Å². The van der Waals surface area contributed by atoms with Crippen LogP contribution in [-0.2, 0) is 4.79 Å². The van der Waals surface area contributed by atoms with Crippen molar-refractivity contribution in [1.29, 1.82) is 0 Å². The Kier molecular flexibility index (Phi) is 4.65. The molecular formula is C9H17ClN2O2. The lowest BCUT2D eigenvalue weighted by Gasteiger charge is -2.34. The number of aliphatic hydroxyl groups excluding tert-OH is 1. The number of rotatable bonds is 3. The number of piperazine rings is 1. The third-order valence-corrected chi connectivity index (χ3v) is 2.82. The summed E-state index contributed by atoms with van der Waals surface area (Å²) in [4.78, 5) is 15.0. The summed E-state index contributed by atoms with van der Waals surface area (Å²) in [5.74, 6) is 0.398. The minimum Gasteiger partial charge on any atom is -0.391 e. The van der Waals surface area contributed by atoms with Crippen LogP contribution in [-0.4, -0.2) is 65.5 Å². The van der Waals surface area contributed by atoms with Gasteiger partial charge in [0.1, 0.15) is 0 Å². The van der Waals surface area contributed by atoms with Crippen LogP contribution in [0.4, 0.5) is 0 Å². The Morgan fingerprint density at radius 3 is 2.43 bits per heavy atom. The SMILES string of the molecule is CC(=O)N1CCN(CC(O)CCl)CC1. The Morgan fingerprint density at radius 1 is 1.43 bits per heavy atom. The molecule has 0 aromatic rings. The monoisotopic (exact) mass is 220 g/mol. The molecule has 1 amide bonds. The molecule has 0 saturated carbocycles. The van der Waals surface area contributed by atoms with Crippen molar-refractivity contribution in [3.63, 3.8) is 0 Å². The second kappa shape index (κ2) is 5.53. The topological polar surface area (TPSA) is 43.8 Å². The first-order chi connectivity index (χ1) is 6.63. The maximum atomic E-state index is 11.0. The van der Waals surface area contributed by atoms with Crippen molar-refractivity contribution >= 4 is 17.5 Å². The number of amides is 1. The molecule has 0 aromatic carbocycles. The lowest BCUT2D eigenvalue weighted by atomic mass is 10.3. The van der Waals surface area contributed by atoms with Crippen molar-refractivity contribution in [2.45, 2.75) is 13.0 Å². The van der Waals surface area contributed by atoms with E-state index in [0.29, 0.717) is 6.54 Å². The Labute approximate surface area is 89.4 Å². The molecule has 0 bridgehead atoms. The smallest absolute Gasteiger partial charge is 0.219 e. The third kappa shape index (κ3) is 3.44. The first kappa shape index (κ1) is 11.8. The highest BCUT2D eigenvalue weighted by molar-refractivity contribution is 6.18. The summed E-state index contributed by atoms with van der Waals surface area (Å²) < 4.78 is 0. The zero-order valence-electron chi connectivity index (χ0n) is 8.45. The van der Waals surface area contributed by atoms with Gasteiger partial charge in [-0.25, -0.2) is 0 Å². The van der Waals surface area contributed by atoms with E-state index in [9.17, 15) is 9.90 Å². The second-order valence-electron chi connectivity index (χ2n) is 3.61. The molecule has 5 heteroatoms. The molecule has 1 unspecified atom stereocenters. The minimum absolute atomic E-state index is 0.127. The number of nitrogens with zero attached hydrogens (tertiary/aromatic N) is 2. The van der Waals surface area contributed by atoms with Crippen molar-refractivity contribution in [1.82, 2.24) is 9.80 Å². The van der Waals surface area contributed by atoms with Gasteiger partial charge in [-0.3, -0.25) is 9.69 Å². The van der Waals surface area contributed by atoms with Gasteiger partial charge in [-0.05, 0) is 0 Å². The average Bonchev–Trinajstić information content (AvgIpc) is 2.18. The number of carbonyl (C=O) groups is 1. The number of carbonyl (C=O) groups excluding carboxylic acids is 1. The molecule has 0 aliphatic carbocycles. The molecule has 1 saturated heterocycles. The Bertz CT molecular complexity index is 193. The largest absolute Gasteiger partial charge is 0.391 e. The molecule has 1 aliphatic heterocycles. The van der Waals surface area contributed by atoms with E-state index in [-0.39, 0.29) is 11.8 Å². The van der Waals surface area contributed by atoms with Crippen LogP contribution in [0.15, 0.2) is 0 Å². The molecule has 1 aliphatic rings. The van der Waals surface area contributed by atoms with Gasteiger partial charge in [0.05, 0.1) is 6.10 Å². The molecule has 82 valence electrons. The highest BCUT2D eigenvalue weighted by Crippen LogP contribution is 2.03. The van der Waals surface area contributed by atoms with E-state index in [0.717, 1.165) is 26.2 Å². The lowest BCUT2D eigenvalue weighted by Crippen LogP contribution is -2.50. The van der Waals surface area contributed by atoms with E-state index >= 15 is 0 Å². The first-order valence-electron chi connectivity index (χ1n) is 4.85. The zero-order chi connectivity index (χ0) is 10.6. The maximum Gasteiger partial charge on any atom is 0.219 e. The summed E-state index contributed by atoms with van der Waals surface area (Å²) in [5, 5.41) is 9.33. The van der Waals surface area contributed by atoms with E-state index in [4.69, 9.17) is 11.6 Å². The average molecular weight is 221 g/mol. The molecule has 0 radical (unpaired) electrons. The summed E-state index contributed by atoms with van der Waals surface area (Å²) in [6.07, 6.45) is -0.458. The predicted octanol–water partition coefficient (Wildman–Crippen LogP) is -0.250. The first-order valence-corrected chi connectivity index (χ1v) is 5.39. The van der Waals surface area contributed by atoms with Gasteiger partial charge in [0.2, 0.25) is 5.91 Å². The van der Waals surface area contributed by atoms with Crippen molar-refractivity contribution in [2.75, 3.05) is 38.6 Å². The third-order valence-electron chi connectivity index (χ3n) is 2.46. The van der Waals surface area contributed by atoms with E-state index in [1.165, 1.54) is 0 Å². The molecule has 1 fully saturated rings. The Balaban J connectivity index is 2.25. The summed E-state index contributed by atoms with van der Waals surface area (Å²) in [5.41, 5.74) is 0. The summed E-state index contributed by atoms with van der Waals surface area (Å²) in [7, 11) is 0. The van der Waals surface area contributed by atoms with Crippen LogP contribution in [0.1, 0.15) is 6.92 Å². The van der Waals surface area contributed by atoms with E-state index in [1.807, 2.05) is 4.90 Å². The molecule has 4 nitrogen and oxygen atoms in total. The number of halogens is 1. The number of aliphatic hydroxyl groups is 1. The van der Waals surface area contributed by atoms with Gasteiger partial charge in [-0.2, -0.15) is 0 Å². The summed E-state index contributed by atoms with van der Waals surface area (Å²) in [6.45, 7) is 5.36. The summed E-state index contributed by atoms with van der Waals surface area (Å²) >= 11 is 5.51. The standard InChI is InChI=1S/C9H17ClN2O2/c1-8(13)12-4-2-11(3-5-12)7-9(14)6-10/h9,14H,2-7H2,1H3. The van der Waals surface area contributed by atoms with Crippen LogP contribution in [0.25, 0.3) is 0 Å². The molecule has 1 rings (SSSR count). The highest BCUT2D eigenvalue weighted by atomic mass is 35.5. The number of alkyl halides is 1. The van der Waals surface area contributed by atoms with E-state index in [2.05, 4.69) is 4.90 Å². The predicted molar refractivity (Wildman–Crippen MR) is 55.4 cm³/mol. The van der Waals surface area contributed by atoms with Crippen LogP contribution in [0.3, 0.4) is 0 Å².